The van der Waals surface area contributed by atoms with E-state index in [1.54, 1.807) is 0 Å². The van der Waals surface area contributed by atoms with Crippen molar-refractivity contribution < 1.29 is 28.2 Å². The van der Waals surface area contributed by atoms with E-state index in [2.05, 4.69) is 15.9 Å². The van der Waals surface area contributed by atoms with Crippen molar-refractivity contribution in [2.45, 2.75) is 4.21 Å². The van der Waals surface area contributed by atoms with Crippen molar-refractivity contribution in [1.29, 1.82) is 0 Å². The summed E-state index contributed by atoms with van der Waals surface area (Å²) in [5.74, 6) is -2.90. The molecule has 0 radical (unpaired) electrons. The number of thiophene rings is 1. The van der Waals surface area contributed by atoms with Crippen LogP contribution in [0.5, 0.6) is 0 Å². The molecule has 1 rings (SSSR count). The molecule has 1 heterocycles. The fourth-order valence-corrected chi connectivity index (χ4v) is 5.00. The van der Waals surface area contributed by atoms with Gasteiger partial charge in [-0.3, -0.25) is 9.59 Å². The quantitative estimate of drug-likeness (QED) is 0.755. The maximum absolute atomic E-state index is 12.1. The van der Waals surface area contributed by atoms with Crippen molar-refractivity contribution in [3.63, 3.8) is 0 Å². The third kappa shape index (κ3) is 4.14. The molecule has 0 amide bonds. The first-order valence-electron chi connectivity index (χ1n) is 4.53. The van der Waals surface area contributed by atoms with E-state index in [0.717, 1.165) is 17.4 Å². The highest BCUT2D eigenvalue weighted by Gasteiger charge is 2.30. The molecule has 7 nitrogen and oxygen atoms in total. The van der Waals surface area contributed by atoms with Crippen LogP contribution in [0.2, 0.25) is 5.02 Å². The highest BCUT2D eigenvalue weighted by atomic mass is 79.9. The van der Waals surface area contributed by atoms with Crippen LogP contribution >= 0.6 is 38.9 Å². The van der Waals surface area contributed by atoms with Crippen LogP contribution in [-0.2, 0) is 19.6 Å². The summed E-state index contributed by atoms with van der Waals surface area (Å²) in [4.78, 5) is 21.2. The number of aliphatic carboxylic acids is 2. The Bertz CT molecular complexity index is 577. The number of halogens is 2. The Balaban J connectivity index is 3.18. The lowest BCUT2D eigenvalue weighted by Gasteiger charge is -2.16. The molecule has 0 aliphatic rings. The highest BCUT2D eigenvalue weighted by Crippen LogP contribution is 2.35. The van der Waals surface area contributed by atoms with Crippen LogP contribution in [0.4, 0.5) is 0 Å². The molecule has 19 heavy (non-hydrogen) atoms. The Morgan fingerprint density at radius 1 is 1.32 bits per heavy atom. The molecule has 11 heteroatoms. The fraction of sp³-hybridized carbons (Fsp3) is 0.250. The van der Waals surface area contributed by atoms with E-state index in [-0.39, 0.29) is 9.23 Å². The number of hydrogen-bond acceptors (Lipinski definition) is 5. The van der Waals surface area contributed by atoms with Gasteiger partial charge in [-0.2, -0.15) is 4.31 Å². The Kier molecular flexibility index (Phi) is 5.33. The van der Waals surface area contributed by atoms with Crippen LogP contribution in [0.15, 0.2) is 14.1 Å². The second-order valence-electron chi connectivity index (χ2n) is 3.25. The minimum absolute atomic E-state index is 0.147. The molecule has 2 N–H and O–H groups in total. The summed E-state index contributed by atoms with van der Waals surface area (Å²) in [6.45, 7) is -1.89. The first-order valence-corrected chi connectivity index (χ1v) is 7.96. The third-order valence-electron chi connectivity index (χ3n) is 1.84. The van der Waals surface area contributed by atoms with Crippen molar-refractivity contribution in [2.24, 2.45) is 0 Å². The zero-order chi connectivity index (χ0) is 14.8. The fourth-order valence-electron chi connectivity index (χ4n) is 1.11. The molecule has 0 saturated carbocycles. The summed E-state index contributed by atoms with van der Waals surface area (Å²) in [5, 5.41) is 17.4. The van der Waals surface area contributed by atoms with Gasteiger partial charge in [-0.05, 0) is 22.0 Å². The van der Waals surface area contributed by atoms with Gasteiger partial charge < -0.3 is 10.2 Å². The second kappa shape index (κ2) is 6.18. The lowest BCUT2D eigenvalue weighted by atomic mass is 10.6. The average molecular weight is 393 g/mol. The molecular formula is C8H7BrClNO6S2. The maximum atomic E-state index is 12.1. The van der Waals surface area contributed by atoms with Crippen LogP contribution in [0, 0.1) is 0 Å². The molecule has 0 unspecified atom stereocenters. The predicted molar refractivity (Wildman–Crippen MR) is 71.1 cm³/mol. The van der Waals surface area contributed by atoms with E-state index in [4.69, 9.17) is 21.8 Å². The van der Waals surface area contributed by atoms with E-state index < -0.39 is 35.1 Å². The van der Waals surface area contributed by atoms with Gasteiger partial charge in [0.2, 0.25) is 0 Å². The van der Waals surface area contributed by atoms with Gasteiger partial charge in [0.05, 0.1) is 8.81 Å². The monoisotopic (exact) mass is 391 g/mol. The molecule has 0 fully saturated rings. The molecule has 0 spiro atoms. The summed E-state index contributed by atoms with van der Waals surface area (Å²) >= 11 is 9.50. The Morgan fingerprint density at radius 3 is 2.11 bits per heavy atom. The van der Waals surface area contributed by atoms with Crippen LogP contribution in [-0.4, -0.2) is 48.0 Å². The molecule has 1 aromatic heterocycles. The van der Waals surface area contributed by atoms with Gasteiger partial charge in [0, 0.05) is 0 Å². The molecule has 106 valence electrons. The van der Waals surface area contributed by atoms with Crippen molar-refractivity contribution >= 4 is 60.8 Å². The Labute approximate surface area is 125 Å². The van der Waals surface area contributed by atoms with E-state index >= 15 is 0 Å². The summed E-state index contributed by atoms with van der Waals surface area (Å²) in [6.07, 6.45) is 0. The van der Waals surface area contributed by atoms with Gasteiger partial charge in [-0.1, -0.05) is 11.6 Å². The lowest BCUT2D eigenvalue weighted by molar-refractivity contribution is -0.139. The second-order valence-corrected chi connectivity index (χ2v) is 8.19. The Morgan fingerprint density at radius 2 is 1.79 bits per heavy atom. The van der Waals surface area contributed by atoms with Gasteiger partial charge >= 0.3 is 11.9 Å². The topological polar surface area (TPSA) is 112 Å². The van der Waals surface area contributed by atoms with E-state index in [0.29, 0.717) is 8.09 Å². The largest absolute Gasteiger partial charge is 0.480 e. The van der Waals surface area contributed by atoms with Crippen molar-refractivity contribution in [3.8, 4) is 0 Å². The lowest BCUT2D eigenvalue weighted by Crippen LogP contribution is -2.39. The van der Waals surface area contributed by atoms with Gasteiger partial charge in [0.1, 0.15) is 17.3 Å². The zero-order valence-corrected chi connectivity index (χ0v) is 13.0. The smallest absolute Gasteiger partial charge is 0.318 e. The standard InChI is InChI=1S/C8H7BrClNO6S2/c9-8-4(10)1-7(18-8)19(16,17)11(2-5(12)13)3-6(14)15/h1H,2-3H2,(H,12,13)(H,14,15). The van der Waals surface area contributed by atoms with Crippen LogP contribution in [0.1, 0.15) is 0 Å². The number of nitrogens with zero attached hydrogens (tertiary/aromatic N) is 1. The normalized spacial score (nSPS) is 11.7. The summed E-state index contributed by atoms with van der Waals surface area (Å²) < 4.78 is 24.7. The number of carboxylic acids is 2. The van der Waals surface area contributed by atoms with E-state index in [1.165, 1.54) is 0 Å². The molecule has 0 bridgehead atoms. The predicted octanol–water partition coefficient (Wildman–Crippen LogP) is 1.32. The molecular weight excluding hydrogens is 386 g/mol. The maximum Gasteiger partial charge on any atom is 0.318 e. The number of sulfonamides is 1. The summed E-state index contributed by atoms with van der Waals surface area (Å²) in [5.41, 5.74) is 0. The average Bonchev–Trinajstić information content (AvgIpc) is 2.57. The van der Waals surface area contributed by atoms with Crippen LogP contribution in [0.3, 0.4) is 0 Å². The molecule has 0 saturated heterocycles. The summed E-state index contributed by atoms with van der Waals surface area (Å²) in [6, 6.07) is 1.13. The van der Waals surface area contributed by atoms with Crippen LogP contribution < -0.4 is 0 Å². The van der Waals surface area contributed by atoms with E-state index in [9.17, 15) is 18.0 Å². The van der Waals surface area contributed by atoms with Crippen molar-refractivity contribution in [2.75, 3.05) is 13.1 Å². The highest BCUT2D eigenvalue weighted by molar-refractivity contribution is 9.11. The molecule has 1 aromatic rings. The molecule has 0 atom stereocenters. The molecule has 0 aromatic carbocycles. The minimum Gasteiger partial charge on any atom is -0.480 e. The molecule has 0 aliphatic carbocycles. The molecule has 0 aliphatic heterocycles. The minimum atomic E-state index is -4.22. The summed E-state index contributed by atoms with van der Waals surface area (Å²) in [7, 11) is -4.22. The van der Waals surface area contributed by atoms with Gasteiger partial charge in [-0.25, -0.2) is 8.42 Å². The first-order chi connectivity index (χ1) is 8.64. The third-order valence-corrected chi connectivity index (χ3v) is 6.56. The van der Waals surface area contributed by atoms with Crippen molar-refractivity contribution in [1.82, 2.24) is 4.31 Å². The Hall–Kier alpha value is -0.680. The number of carboxylic acid groups (broad SMARTS) is 2. The SMILES string of the molecule is O=C(O)CN(CC(=O)O)S(=O)(=O)c1cc(Cl)c(Br)s1. The number of carbonyl (C=O) groups is 2. The van der Waals surface area contributed by atoms with Crippen molar-refractivity contribution in [3.05, 3.63) is 14.9 Å². The number of hydrogen-bond donors (Lipinski definition) is 2. The van der Waals surface area contributed by atoms with E-state index in [1.807, 2.05) is 0 Å². The van der Waals surface area contributed by atoms with Gasteiger partial charge in [0.15, 0.2) is 0 Å². The first kappa shape index (κ1) is 16.4. The van der Waals surface area contributed by atoms with Gasteiger partial charge in [-0.15, -0.1) is 11.3 Å². The zero-order valence-electron chi connectivity index (χ0n) is 9.04. The number of rotatable bonds is 6. The van der Waals surface area contributed by atoms with Gasteiger partial charge in [0.25, 0.3) is 10.0 Å². The van der Waals surface area contributed by atoms with Crippen LogP contribution in [0.25, 0.3) is 0 Å².